The van der Waals surface area contributed by atoms with Crippen molar-refractivity contribution in [3.63, 3.8) is 0 Å². The fourth-order valence-electron chi connectivity index (χ4n) is 3.98. The third-order valence-electron chi connectivity index (χ3n) is 5.95. The first kappa shape index (κ1) is 26.6. The molecule has 1 aliphatic rings. The van der Waals surface area contributed by atoms with Crippen molar-refractivity contribution in [1.29, 1.82) is 0 Å². The maximum absolute atomic E-state index is 15.3. The fourth-order valence-corrected chi connectivity index (χ4v) is 4.35. The molecule has 3 heterocycles. The highest BCUT2D eigenvalue weighted by Gasteiger charge is 2.36. The molecule has 1 atom stereocenters. The van der Waals surface area contributed by atoms with Gasteiger partial charge in [-0.3, -0.25) is 0 Å². The predicted molar refractivity (Wildman–Crippen MR) is 137 cm³/mol. The number of pyridine rings is 1. The van der Waals surface area contributed by atoms with Gasteiger partial charge in [0.25, 0.3) is 10.2 Å². The summed E-state index contributed by atoms with van der Waals surface area (Å²) in [4.78, 5) is 14.5. The molecule has 37 heavy (non-hydrogen) atoms. The SMILES string of the molecule is CCC(C)N1CC(C)(C)Oc2c(F)cc(-c3nc(Nc4ccc(CNS(N)(=O)=O)cn4)ncc3F)cc21. The van der Waals surface area contributed by atoms with Crippen LogP contribution in [0.1, 0.15) is 39.7 Å². The molecule has 0 saturated carbocycles. The lowest BCUT2D eigenvalue weighted by atomic mass is 10.00. The van der Waals surface area contributed by atoms with E-state index in [2.05, 4.69) is 29.9 Å². The lowest BCUT2D eigenvalue weighted by molar-refractivity contribution is 0.0960. The van der Waals surface area contributed by atoms with Crippen LogP contribution in [0.2, 0.25) is 0 Å². The van der Waals surface area contributed by atoms with Gasteiger partial charge >= 0.3 is 0 Å². The van der Waals surface area contributed by atoms with E-state index in [1.54, 1.807) is 18.2 Å². The van der Waals surface area contributed by atoms with E-state index in [9.17, 15) is 12.8 Å². The molecule has 4 rings (SSSR count). The van der Waals surface area contributed by atoms with Gasteiger partial charge in [0.1, 0.15) is 17.1 Å². The fraction of sp³-hybridized carbons (Fsp3) is 0.375. The van der Waals surface area contributed by atoms with Gasteiger partial charge in [-0.25, -0.2) is 28.9 Å². The Kier molecular flexibility index (Phi) is 7.31. The number of nitrogens with two attached hydrogens (primary N) is 1. The van der Waals surface area contributed by atoms with Gasteiger partial charge < -0.3 is 15.0 Å². The molecule has 0 saturated heterocycles. The molecule has 0 radical (unpaired) electrons. The van der Waals surface area contributed by atoms with E-state index in [-0.39, 0.29) is 35.5 Å². The van der Waals surface area contributed by atoms with Crippen LogP contribution in [-0.2, 0) is 16.8 Å². The number of hydrogen-bond acceptors (Lipinski definition) is 8. The van der Waals surface area contributed by atoms with Gasteiger partial charge in [0.05, 0.1) is 18.4 Å². The van der Waals surface area contributed by atoms with Gasteiger partial charge in [0.15, 0.2) is 17.4 Å². The average Bonchev–Trinajstić information content (AvgIpc) is 2.83. The smallest absolute Gasteiger partial charge is 0.274 e. The minimum atomic E-state index is -3.83. The summed E-state index contributed by atoms with van der Waals surface area (Å²) in [5, 5.41) is 7.80. The highest BCUT2D eigenvalue weighted by molar-refractivity contribution is 7.87. The molecule has 4 N–H and O–H groups in total. The number of ether oxygens (including phenoxy) is 1. The first-order chi connectivity index (χ1) is 17.3. The van der Waals surface area contributed by atoms with E-state index in [1.807, 2.05) is 27.7 Å². The maximum Gasteiger partial charge on any atom is 0.274 e. The normalized spacial score (nSPS) is 15.6. The van der Waals surface area contributed by atoms with Gasteiger partial charge in [-0.1, -0.05) is 13.0 Å². The molecule has 0 fully saturated rings. The number of hydrogen-bond donors (Lipinski definition) is 3. The van der Waals surface area contributed by atoms with Crippen LogP contribution >= 0.6 is 0 Å². The van der Waals surface area contributed by atoms with Gasteiger partial charge in [0, 0.05) is 24.3 Å². The molecule has 1 aliphatic heterocycles. The summed E-state index contributed by atoms with van der Waals surface area (Å²) in [5.74, 6) is -0.795. The molecule has 3 aromatic rings. The van der Waals surface area contributed by atoms with Gasteiger partial charge in [-0.05, 0) is 51.0 Å². The van der Waals surface area contributed by atoms with E-state index < -0.39 is 27.4 Å². The Balaban J connectivity index is 1.63. The number of aromatic nitrogens is 3. The topological polar surface area (TPSA) is 135 Å². The molecule has 198 valence electrons. The number of anilines is 3. The highest BCUT2D eigenvalue weighted by Crippen LogP contribution is 2.43. The summed E-state index contributed by atoms with van der Waals surface area (Å²) in [6.45, 7) is 8.42. The molecule has 1 aromatic carbocycles. The number of fused-ring (bicyclic) bond motifs is 1. The molecule has 1 unspecified atom stereocenters. The number of nitrogens with zero attached hydrogens (tertiary/aromatic N) is 4. The predicted octanol–water partition coefficient (Wildman–Crippen LogP) is 3.63. The van der Waals surface area contributed by atoms with Crippen molar-refractivity contribution < 1.29 is 21.9 Å². The molecule has 0 amide bonds. The van der Waals surface area contributed by atoms with E-state index >= 15 is 4.39 Å². The van der Waals surface area contributed by atoms with Crippen LogP contribution < -0.4 is 24.8 Å². The lowest BCUT2D eigenvalue weighted by Gasteiger charge is -2.44. The van der Waals surface area contributed by atoms with E-state index in [1.165, 1.54) is 12.3 Å². The minimum absolute atomic E-state index is 0.0260. The molecule has 0 spiro atoms. The number of rotatable bonds is 8. The van der Waals surface area contributed by atoms with Crippen LogP contribution in [0.15, 0.2) is 36.7 Å². The monoisotopic (exact) mass is 533 g/mol. The van der Waals surface area contributed by atoms with Crippen molar-refractivity contribution in [2.24, 2.45) is 5.14 Å². The van der Waals surface area contributed by atoms with Crippen molar-refractivity contribution >= 4 is 27.7 Å². The molecule has 0 aliphatic carbocycles. The minimum Gasteiger partial charge on any atom is -0.481 e. The van der Waals surface area contributed by atoms with Crippen LogP contribution in [0.3, 0.4) is 0 Å². The molecular weight excluding hydrogens is 504 g/mol. The van der Waals surface area contributed by atoms with Gasteiger partial charge in [-0.2, -0.15) is 13.1 Å². The Morgan fingerprint density at radius 1 is 1.19 bits per heavy atom. The summed E-state index contributed by atoms with van der Waals surface area (Å²) < 4.78 is 60.3. The molecule has 10 nitrogen and oxygen atoms in total. The second-order valence-electron chi connectivity index (χ2n) is 9.49. The second-order valence-corrected chi connectivity index (χ2v) is 10.9. The summed E-state index contributed by atoms with van der Waals surface area (Å²) in [6, 6.07) is 6.20. The summed E-state index contributed by atoms with van der Waals surface area (Å²) in [6.07, 6.45) is 3.27. The Bertz CT molecular complexity index is 1400. The van der Waals surface area contributed by atoms with Crippen molar-refractivity contribution in [2.45, 2.75) is 52.3 Å². The van der Waals surface area contributed by atoms with E-state index in [4.69, 9.17) is 9.88 Å². The third kappa shape index (κ3) is 6.29. The standard InChI is InChI=1S/C24H29F2N7O3S/c1-5-14(2)33-13-24(3,4)36-22-17(25)8-16(9-19(22)33)21-18(26)12-29-23(32-21)31-20-7-6-15(10-28-20)11-30-37(27,34)35/h6-10,12,14,30H,5,11,13H2,1-4H3,(H2,27,34,35)(H,28,29,31,32). The summed E-state index contributed by atoms with van der Waals surface area (Å²) >= 11 is 0. The van der Waals surface area contributed by atoms with Crippen molar-refractivity contribution in [3.05, 3.63) is 53.9 Å². The number of benzene rings is 1. The zero-order valence-corrected chi connectivity index (χ0v) is 21.7. The van der Waals surface area contributed by atoms with Crippen LogP contribution in [0, 0.1) is 11.6 Å². The van der Waals surface area contributed by atoms with Crippen LogP contribution in [0.5, 0.6) is 5.75 Å². The Labute approximate surface area is 214 Å². The molecule has 13 heteroatoms. The Morgan fingerprint density at radius 3 is 2.59 bits per heavy atom. The van der Waals surface area contributed by atoms with Crippen molar-refractivity contribution in [3.8, 4) is 17.0 Å². The summed E-state index contributed by atoms with van der Waals surface area (Å²) in [5.41, 5.74) is 0.686. The first-order valence-corrected chi connectivity index (χ1v) is 13.2. The number of nitrogens with one attached hydrogen (secondary N) is 2. The third-order valence-corrected chi connectivity index (χ3v) is 6.49. The zero-order chi connectivity index (χ0) is 27.0. The van der Waals surface area contributed by atoms with Gasteiger partial charge in [-0.15, -0.1) is 0 Å². The Hall–Kier alpha value is -3.42. The maximum atomic E-state index is 15.3. The van der Waals surface area contributed by atoms with Crippen LogP contribution in [0.4, 0.5) is 26.2 Å². The largest absolute Gasteiger partial charge is 0.481 e. The van der Waals surface area contributed by atoms with E-state index in [0.29, 0.717) is 23.6 Å². The second kappa shape index (κ2) is 10.1. The Morgan fingerprint density at radius 2 is 1.95 bits per heavy atom. The van der Waals surface area contributed by atoms with Crippen molar-refractivity contribution in [2.75, 3.05) is 16.8 Å². The first-order valence-electron chi connectivity index (χ1n) is 11.7. The van der Waals surface area contributed by atoms with Crippen LogP contribution in [0.25, 0.3) is 11.3 Å². The molecule has 2 aromatic heterocycles. The van der Waals surface area contributed by atoms with Crippen molar-refractivity contribution in [1.82, 2.24) is 19.7 Å². The van der Waals surface area contributed by atoms with Gasteiger partial charge in [0.2, 0.25) is 5.95 Å². The zero-order valence-electron chi connectivity index (χ0n) is 20.9. The quantitative estimate of drug-likeness (QED) is 0.400. The van der Waals surface area contributed by atoms with E-state index in [0.717, 1.165) is 12.6 Å². The highest BCUT2D eigenvalue weighted by atomic mass is 32.2. The summed E-state index contributed by atoms with van der Waals surface area (Å²) in [7, 11) is -3.83. The molecular formula is C24H29F2N7O3S. The molecule has 0 bridgehead atoms. The number of halogens is 2. The van der Waals surface area contributed by atoms with Crippen LogP contribution in [-0.4, -0.2) is 41.6 Å². The lowest BCUT2D eigenvalue weighted by Crippen LogP contribution is -2.50. The average molecular weight is 534 g/mol.